The molecule has 1 N–H and O–H groups in total. The molecule has 0 aliphatic rings. The zero-order valence-electron chi connectivity index (χ0n) is 10.6. The van der Waals surface area contributed by atoms with E-state index in [0.717, 1.165) is 23.4 Å². The van der Waals surface area contributed by atoms with Crippen molar-refractivity contribution in [2.75, 3.05) is 0 Å². The van der Waals surface area contributed by atoms with E-state index in [1.165, 1.54) is 18.5 Å². The predicted octanol–water partition coefficient (Wildman–Crippen LogP) is 2.14. The Morgan fingerprint density at radius 2 is 2.17 bits per heavy atom. The zero-order chi connectivity index (χ0) is 13.3. The van der Waals surface area contributed by atoms with E-state index < -0.39 is 5.97 Å². The lowest BCUT2D eigenvalue weighted by atomic mass is 10.1. The van der Waals surface area contributed by atoms with Gasteiger partial charge in [-0.1, -0.05) is 6.92 Å². The average Bonchev–Trinajstić information content (AvgIpc) is 2.64. The van der Waals surface area contributed by atoms with Crippen LogP contribution in [0.15, 0.2) is 18.5 Å². The maximum absolute atomic E-state index is 11.2. The van der Waals surface area contributed by atoms with E-state index in [-0.39, 0.29) is 5.56 Å². The minimum atomic E-state index is -0.974. The summed E-state index contributed by atoms with van der Waals surface area (Å²) in [5.74, 6) is -0.974. The monoisotopic (exact) mass is 245 g/mol. The highest BCUT2D eigenvalue weighted by Crippen LogP contribution is 2.20. The van der Waals surface area contributed by atoms with Gasteiger partial charge in [0.15, 0.2) is 0 Å². The van der Waals surface area contributed by atoms with Crippen LogP contribution in [0.4, 0.5) is 0 Å². The normalized spacial score (nSPS) is 10.6. The Kier molecular flexibility index (Phi) is 3.14. The second-order valence-electron chi connectivity index (χ2n) is 4.11. The number of aromatic carboxylic acids is 1. The summed E-state index contributed by atoms with van der Waals surface area (Å²) in [5.41, 5.74) is 3.75. The van der Waals surface area contributed by atoms with Crippen LogP contribution in [0.5, 0.6) is 0 Å². The molecular weight excluding hydrogens is 230 g/mol. The lowest BCUT2D eigenvalue weighted by molar-refractivity contribution is 0.0696. The molecule has 0 saturated heterocycles. The number of carboxylic acid groups (broad SMARTS) is 1. The molecule has 0 amide bonds. The number of nitrogens with zero attached hydrogens (tertiary/aromatic N) is 3. The molecule has 18 heavy (non-hydrogen) atoms. The van der Waals surface area contributed by atoms with Crippen molar-refractivity contribution in [1.29, 1.82) is 0 Å². The molecule has 0 aliphatic heterocycles. The molecule has 0 unspecified atom stereocenters. The molecule has 2 heterocycles. The van der Waals surface area contributed by atoms with Crippen molar-refractivity contribution in [3.63, 3.8) is 0 Å². The molecule has 2 rings (SSSR count). The van der Waals surface area contributed by atoms with E-state index in [4.69, 9.17) is 0 Å². The van der Waals surface area contributed by atoms with Crippen LogP contribution in [0.1, 0.15) is 34.2 Å². The molecular formula is C13H15N3O2. The van der Waals surface area contributed by atoms with E-state index >= 15 is 0 Å². The third kappa shape index (κ3) is 1.88. The molecule has 2 aromatic rings. The van der Waals surface area contributed by atoms with E-state index in [2.05, 4.69) is 17.0 Å². The van der Waals surface area contributed by atoms with Crippen molar-refractivity contribution < 1.29 is 9.90 Å². The predicted molar refractivity (Wildman–Crippen MR) is 67.2 cm³/mol. The van der Waals surface area contributed by atoms with Gasteiger partial charge in [-0.2, -0.15) is 5.10 Å². The Labute approximate surface area is 105 Å². The average molecular weight is 245 g/mol. The first-order valence-electron chi connectivity index (χ1n) is 5.79. The first-order chi connectivity index (χ1) is 8.56. The van der Waals surface area contributed by atoms with Crippen LogP contribution >= 0.6 is 0 Å². The summed E-state index contributed by atoms with van der Waals surface area (Å²) < 4.78 is 1.66. The molecule has 5 heteroatoms. The van der Waals surface area contributed by atoms with Crippen molar-refractivity contribution in [1.82, 2.24) is 14.8 Å². The van der Waals surface area contributed by atoms with Gasteiger partial charge >= 0.3 is 5.97 Å². The summed E-state index contributed by atoms with van der Waals surface area (Å²) in [6, 6.07) is 1.49. The number of hydrogen-bond donors (Lipinski definition) is 1. The van der Waals surface area contributed by atoms with Gasteiger partial charge in [-0.3, -0.25) is 4.98 Å². The van der Waals surface area contributed by atoms with Crippen LogP contribution in [-0.4, -0.2) is 25.8 Å². The van der Waals surface area contributed by atoms with Crippen molar-refractivity contribution in [3.8, 4) is 5.69 Å². The lowest BCUT2D eigenvalue weighted by Gasteiger charge is -2.07. The fraction of sp³-hybridized carbons (Fsp3) is 0.308. The second kappa shape index (κ2) is 4.60. The highest BCUT2D eigenvalue weighted by Gasteiger charge is 2.16. The fourth-order valence-corrected chi connectivity index (χ4v) is 2.16. The third-order valence-corrected chi connectivity index (χ3v) is 3.05. The minimum Gasteiger partial charge on any atom is -0.478 e. The number of hydrogen-bond acceptors (Lipinski definition) is 3. The van der Waals surface area contributed by atoms with Crippen LogP contribution in [0.3, 0.4) is 0 Å². The van der Waals surface area contributed by atoms with E-state index in [9.17, 15) is 9.90 Å². The van der Waals surface area contributed by atoms with E-state index in [1.54, 1.807) is 4.68 Å². The first kappa shape index (κ1) is 12.3. The molecule has 0 radical (unpaired) electrons. The Bertz CT molecular complexity index is 602. The molecule has 0 saturated carbocycles. The van der Waals surface area contributed by atoms with Gasteiger partial charge in [0.2, 0.25) is 0 Å². The van der Waals surface area contributed by atoms with Crippen LogP contribution in [0, 0.1) is 13.8 Å². The molecule has 0 aliphatic carbocycles. The van der Waals surface area contributed by atoms with Crippen molar-refractivity contribution in [2.24, 2.45) is 0 Å². The Balaban J connectivity index is 2.66. The highest BCUT2D eigenvalue weighted by atomic mass is 16.4. The molecule has 0 bridgehead atoms. The van der Waals surface area contributed by atoms with Gasteiger partial charge in [0.25, 0.3) is 0 Å². The van der Waals surface area contributed by atoms with Crippen LogP contribution < -0.4 is 0 Å². The molecule has 94 valence electrons. The highest BCUT2D eigenvalue weighted by molar-refractivity contribution is 5.91. The number of carbonyl (C=O) groups is 1. The topological polar surface area (TPSA) is 68.0 Å². The van der Waals surface area contributed by atoms with Gasteiger partial charge in [0.05, 0.1) is 23.1 Å². The van der Waals surface area contributed by atoms with Crippen LogP contribution in [0.25, 0.3) is 5.69 Å². The standard InChI is InChI=1S/C13H15N3O2/c1-4-10-8(2)15-16(9(10)3)12-7-14-6-5-11(12)13(17)18/h5-7H,4H2,1-3H3,(H,17,18). The molecule has 0 aromatic carbocycles. The maximum atomic E-state index is 11.2. The summed E-state index contributed by atoms with van der Waals surface area (Å²) in [5, 5.41) is 13.6. The smallest absolute Gasteiger partial charge is 0.338 e. The number of aromatic nitrogens is 3. The van der Waals surface area contributed by atoms with Gasteiger partial charge in [-0.15, -0.1) is 0 Å². The summed E-state index contributed by atoms with van der Waals surface area (Å²) in [6.45, 7) is 5.93. The summed E-state index contributed by atoms with van der Waals surface area (Å²) in [6.07, 6.45) is 3.88. The van der Waals surface area contributed by atoms with Crippen molar-refractivity contribution in [2.45, 2.75) is 27.2 Å². The van der Waals surface area contributed by atoms with Crippen LogP contribution in [0.2, 0.25) is 0 Å². The molecule has 0 spiro atoms. The first-order valence-corrected chi connectivity index (χ1v) is 5.79. The van der Waals surface area contributed by atoms with E-state index in [0.29, 0.717) is 5.69 Å². The lowest BCUT2D eigenvalue weighted by Crippen LogP contribution is -2.08. The number of aryl methyl sites for hydroxylation is 1. The fourth-order valence-electron chi connectivity index (χ4n) is 2.16. The minimum absolute atomic E-state index is 0.207. The molecule has 0 fully saturated rings. The summed E-state index contributed by atoms with van der Waals surface area (Å²) in [7, 11) is 0. The van der Waals surface area contributed by atoms with Gasteiger partial charge < -0.3 is 5.11 Å². The van der Waals surface area contributed by atoms with Gasteiger partial charge in [-0.05, 0) is 31.9 Å². The van der Waals surface area contributed by atoms with Crippen LogP contribution in [-0.2, 0) is 6.42 Å². The Hall–Kier alpha value is -2.17. The van der Waals surface area contributed by atoms with Crippen molar-refractivity contribution >= 4 is 5.97 Å². The Morgan fingerprint density at radius 1 is 1.44 bits per heavy atom. The zero-order valence-corrected chi connectivity index (χ0v) is 10.6. The number of rotatable bonds is 3. The Morgan fingerprint density at radius 3 is 2.72 bits per heavy atom. The number of pyridine rings is 1. The van der Waals surface area contributed by atoms with Gasteiger partial charge in [0, 0.05) is 11.9 Å². The van der Waals surface area contributed by atoms with Gasteiger partial charge in [-0.25, -0.2) is 9.48 Å². The van der Waals surface area contributed by atoms with E-state index in [1.807, 2.05) is 13.8 Å². The second-order valence-corrected chi connectivity index (χ2v) is 4.11. The largest absolute Gasteiger partial charge is 0.478 e. The summed E-state index contributed by atoms with van der Waals surface area (Å²) in [4.78, 5) is 15.2. The molecule has 2 aromatic heterocycles. The molecule has 0 atom stereocenters. The quantitative estimate of drug-likeness (QED) is 0.899. The number of carboxylic acids is 1. The van der Waals surface area contributed by atoms with Crippen molar-refractivity contribution in [3.05, 3.63) is 41.0 Å². The summed E-state index contributed by atoms with van der Waals surface area (Å²) >= 11 is 0. The molecule has 5 nitrogen and oxygen atoms in total. The van der Waals surface area contributed by atoms with Gasteiger partial charge in [0.1, 0.15) is 0 Å². The third-order valence-electron chi connectivity index (χ3n) is 3.05. The maximum Gasteiger partial charge on any atom is 0.338 e. The SMILES string of the molecule is CCc1c(C)nn(-c2cnccc2C(=O)O)c1C.